The van der Waals surface area contributed by atoms with Crippen LogP contribution in [0.5, 0.6) is 11.5 Å². The van der Waals surface area contributed by atoms with Crippen LogP contribution in [0.25, 0.3) is 10.9 Å². The second-order valence-electron chi connectivity index (χ2n) is 14.0. The third-order valence-corrected chi connectivity index (χ3v) is 10.3. The fourth-order valence-corrected chi connectivity index (χ4v) is 7.38. The first-order chi connectivity index (χ1) is 25.6. The van der Waals surface area contributed by atoms with Gasteiger partial charge in [-0.15, -0.1) is 0 Å². The number of methoxy groups -OCH3 is 2. The number of benzene rings is 1. The lowest BCUT2D eigenvalue weighted by molar-refractivity contribution is -0.141. The normalized spacial score (nSPS) is 23.8. The first kappa shape index (κ1) is 39.2. The van der Waals surface area contributed by atoms with E-state index in [0.29, 0.717) is 53.4 Å². The second kappa shape index (κ2) is 18.7. The summed E-state index contributed by atoms with van der Waals surface area (Å²) in [6.07, 6.45) is 11.1. The Morgan fingerprint density at radius 2 is 1.79 bits per heavy atom. The molecule has 0 spiro atoms. The van der Waals surface area contributed by atoms with Crippen molar-refractivity contribution in [3.8, 4) is 11.5 Å². The molecule has 1 saturated carbocycles. The Labute approximate surface area is 309 Å². The quantitative estimate of drug-likeness (QED) is 0.137. The predicted octanol–water partition coefficient (Wildman–Crippen LogP) is 4.98. The van der Waals surface area contributed by atoms with Crippen LogP contribution in [0.2, 0.25) is 0 Å². The maximum atomic E-state index is 14.4. The van der Waals surface area contributed by atoms with Crippen molar-refractivity contribution in [2.24, 2.45) is 5.92 Å². The number of Topliss-reactive ketones (excluding diaryl/α,β-unsaturated/α-hetero) is 1. The zero-order valence-electron chi connectivity index (χ0n) is 30.8. The molecular formula is C39H51N5O9. The number of alkyl carbamates (subject to hydrolysis) is 1. The summed E-state index contributed by atoms with van der Waals surface area (Å²) >= 11 is 0. The first-order valence-corrected chi connectivity index (χ1v) is 18.6. The smallest absolute Gasteiger partial charge is 0.408 e. The van der Waals surface area contributed by atoms with E-state index in [1.54, 1.807) is 12.1 Å². The van der Waals surface area contributed by atoms with E-state index in [0.717, 1.165) is 44.9 Å². The number of aromatic nitrogens is 1. The van der Waals surface area contributed by atoms with E-state index < -0.39 is 36.0 Å². The molecule has 1 unspecified atom stereocenters. The number of carbonyl (C=O) groups is 5. The molecule has 2 fully saturated rings. The molecule has 1 aromatic heterocycles. The van der Waals surface area contributed by atoms with E-state index in [4.69, 9.17) is 24.4 Å². The molecule has 53 heavy (non-hydrogen) atoms. The summed E-state index contributed by atoms with van der Waals surface area (Å²) in [5.41, 5.74) is 1.15. The van der Waals surface area contributed by atoms with Gasteiger partial charge in [0, 0.05) is 30.0 Å². The highest BCUT2D eigenvalue weighted by atomic mass is 16.6. The van der Waals surface area contributed by atoms with Crippen molar-refractivity contribution in [1.82, 2.24) is 20.5 Å². The van der Waals surface area contributed by atoms with Crippen molar-refractivity contribution in [2.75, 3.05) is 27.3 Å². The summed E-state index contributed by atoms with van der Waals surface area (Å²) in [5.74, 6) is -0.987. The summed E-state index contributed by atoms with van der Waals surface area (Å²) in [5, 5.41) is 13.9. The molecular weight excluding hydrogens is 682 g/mol. The van der Waals surface area contributed by atoms with Gasteiger partial charge >= 0.3 is 12.1 Å². The second-order valence-corrected chi connectivity index (χ2v) is 14.0. The fourth-order valence-electron chi connectivity index (χ4n) is 7.38. The largest absolute Gasteiger partial charge is 0.496 e. The molecule has 1 aromatic carbocycles. The molecule has 3 aliphatic rings. The van der Waals surface area contributed by atoms with Gasteiger partial charge < -0.3 is 39.9 Å². The van der Waals surface area contributed by atoms with Gasteiger partial charge in [-0.25, -0.2) is 9.78 Å². The molecule has 2 aliphatic heterocycles. The number of allylic oxidation sites excluding steroid dienone is 2. The molecule has 4 atom stereocenters. The maximum Gasteiger partial charge on any atom is 0.408 e. The summed E-state index contributed by atoms with van der Waals surface area (Å²) < 4.78 is 22.6. The number of fused-ring (bicyclic) bond motifs is 2. The SMILES string of the molecule is COC(=O)CC1/C=C\CCCCC[C@H](NC(=O)OC2CCCC2)C(=O)N2C[C@H](Oc3cc(C(=O)C=N)nc4c(C)c(OC)ccc34)C[C@H]2C(=O)NCC1. The number of hydrogen-bond donors (Lipinski definition) is 3. The zero-order chi connectivity index (χ0) is 37.9. The van der Waals surface area contributed by atoms with Gasteiger partial charge in [0.25, 0.3) is 0 Å². The standard InChI is InChI=1S/C39H51N5O9/c1-24-33(50-2)16-15-28-34(21-30(32(45)22-40)42-36(24)28)52-27-20-31-37(47)41-18-17-25(19-35(46)51-3)11-7-5-4-6-8-14-29(38(48)44(31)23-27)43-39(49)53-26-12-9-10-13-26/h7,11,15-16,21-22,25-27,29,31,40H,4-6,8-10,12-14,17-20,23H2,1-3H3,(H,41,47)(H,43,49)/b11-7-,40-22?/t25?,27-,29+,31+/m1/s1. The van der Waals surface area contributed by atoms with E-state index in [-0.39, 0.29) is 55.5 Å². The molecule has 286 valence electrons. The van der Waals surface area contributed by atoms with Crippen LogP contribution < -0.4 is 20.1 Å². The minimum atomic E-state index is -0.928. The van der Waals surface area contributed by atoms with Crippen molar-refractivity contribution in [3.05, 3.63) is 41.6 Å². The number of ketones is 1. The number of hydrogen-bond acceptors (Lipinski definition) is 11. The Morgan fingerprint density at radius 1 is 1.02 bits per heavy atom. The molecule has 3 heterocycles. The molecule has 0 radical (unpaired) electrons. The van der Waals surface area contributed by atoms with Gasteiger partial charge in [-0.1, -0.05) is 25.0 Å². The zero-order valence-corrected chi connectivity index (χ0v) is 30.8. The minimum absolute atomic E-state index is 0.0111. The van der Waals surface area contributed by atoms with Gasteiger partial charge in [-0.3, -0.25) is 19.2 Å². The number of nitrogens with one attached hydrogen (secondary N) is 3. The van der Waals surface area contributed by atoms with Crippen molar-refractivity contribution < 1.29 is 42.9 Å². The summed E-state index contributed by atoms with van der Waals surface area (Å²) in [6, 6.07) is 3.17. The number of ether oxygens (including phenoxy) is 4. The van der Waals surface area contributed by atoms with E-state index in [2.05, 4.69) is 15.6 Å². The Kier molecular flexibility index (Phi) is 13.8. The van der Waals surface area contributed by atoms with Gasteiger partial charge in [0.05, 0.1) is 38.9 Å². The molecule has 14 heteroatoms. The first-order valence-electron chi connectivity index (χ1n) is 18.6. The number of aryl methyl sites for hydroxylation is 1. The van der Waals surface area contributed by atoms with Crippen LogP contribution in [0, 0.1) is 18.3 Å². The Hall–Kier alpha value is -5.01. The lowest BCUT2D eigenvalue weighted by atomic mass is 9.99. The third-order valence-electron chi connectivity index (χ3n) is 10.3. The van der Waals surface area contributed by atoms with Crippen molar-refractivity contribution in [2.45, 2.75) is 108 Å². The van der Waals surface area contributed by atoms with Crippen molar-refractivity contribution >= 4 is 46.8 Å². The van der Waals surface area contributed by atoms with Crippen LogP contribution in [0.4, 0.5) is 4.79 Å². The van der Waals surface area contributed by atoms with E-state index >= 15 is 0 Å². The summed E-state index contributed by atoms with van der Waals surface area (Å²) in [4.78, 5) is 72.1. The van der Waals surface area contributed by atoms with Gasteiger partial charge in [0.15, 0.2) is 0 Å². The summed E-state index contributed by atoms with van der Waals surface area (Å²) in [6.45, 7) is 2.10. The minimum Gasteiger partial charge on any atom is -0.496 e. The van der Waals surface area contributed by atoms with Crippen LogP contribution in [0.1, 0.15) is 93.1 Å². The molecule has 1 saturated heterocycles. The predicted molar refractivity (Wildman–Crippen MR) is 196 cm³/mol. The number of nitrogens with zero attached hydrogens (tertiary/aromatic N) is 2. The molecule has 14 nitrogen and oxygen atoms in total. The topological polar surface area (TPSA) is 186 Å². The van der Waals surface area contributed by atoms with E-state index in [1.807, 2.05) is 19.1 Å². The Morgan fingerprint density at radius 3 is 2.53 bits per heavy atom. The van der Waals surface area contributed by atoms with Crippen molar-refractivity contribution in [3.63, 3.8) is 0 Å². The molecule has 3 N–H and O–H groups in total. The highest BCUT2D eigenvalue weighted by Crippen LogP contribution is 2.35. The van der Waals surface area contributed by atoms with Gasteiger partial charge in [0.2, 0.25) is 17.6 Å². The lowest BCUT2D eigenvalue weighted by Crippen LogP contribution is -2.54. The van der Waals surface area contributed by atoms with Crippen LogP contribution in [-0.2, 0) is 23.9 Å². The Balaban J connectivity index is 1.44. The number of pyridine rings is 1. The van der Waals surface area contributed by atoms with Crippen LogP contribution >= 0.6 is 0 Å². The number of esters is 1. The molecule has 1 aliphatic carbocycles. The maximum absolute atomic E-state index is 14.4. The van der Waals surface area contributed by atoms with E-state index in [9.17, 15) is 24.0 Å². The molecule has 3 amide bonds. The van der Waals surface area contributed by atoms with Gasteiger partial charge in [-0.05, 0) is 76.3 Å². The highest BCUT2D eigenvalue weighted by Gasteiger charge is 2.43. The highest BCUT2D eigenvalue weighted by molar-refractivity contribution is 6.34. The van der Waals surface area contributed by atoms with E-state index in [1.165, 1.54) is 25.2 Å². The number of rotatable bonds is 9. The third kappa shape index (κ3) is 10.1. The van der Waals surface area contributed by atoms with Crippen LogP contribution in [0.15, 0.2) is 30.4 Å². The Bertz CT molecular complexity index is 1710. The average molecular weight is 734 g/mol. The lowest BCUT2D eigenvalue weighted by Gasteiger charge is -2.29. The average Bonchev–Trinajstić information content (AvgIpc) is 3.83. The van der Waals surface area contributed by atoms with Crippen LogP contribution in [-0.4, -0.2) is 97.4 Å². The van der Waals surface area contributed by atoms with Crippen molar-refractivity contribution in [1.29, 1.82) is 5.41 Å². The number of amides is 3. The molecule has 2 aromatic rings. The fraction of sp³-hybridized carbons (Fsp3) is 0.564. The van der Waals surface area contributed by atoms with Gasteiger partial charge in [-0.2, -0.15) is 0 Å². The van der Waals surface area contributed by atoms with Gasteiger partial charge in [0.1, 0.15) is 41.5 Å². The monoisotopic (exact) mass is 733 g/mol. The number of carbonyl (C=O) groups excluding carboxylic acids is 5. The summed E-state index contributed by atoms with van der Waals surface area (Å²) in [7, 11) is 2.89. The molecule has 5 rings (SSSR count). The van der Waals surface area contributed by atoms with Crippen LogP contribution in [0.3, 0.4) is 0 Å². The molecule has 0 bridgehead atoms.